The zero-order chi connectivity index (χ0) is 25.1. The summed E-state index contributed by atoms with van der Waals surface area (Å²) >= 11 is 0. The normalized spacial score (nSPS) is 12.0. The quantitative estimate of drug-likeness (QED) is 0.264. The molecule has 9 nitrogen and oxygen atoms in total. The molecule has 0 aromatic heterocycles. The van der Waals surface area contributed by atoms with Gasteiger partial charge in [0.2, 0.25) is 10.0 Å². The number of benzene rings is 2. The molecule has 0 bridgehead atoms. The van der Waals surface area contributed by atoms with Gasteiger partial charge < -0.3 is 14.2 Å². The van der Waals surface area contributed by atoms with Crippen molar-refractivity contribution >= 4 is 27.8 Å². The van der Waals surface area contributed by atoms with Crippen molar-refractivity contribution in [2.24, 2.45) is 5.10 Å². The van der Waals surface area contributed by atoms with Crippen molar-refractivity contribution in [3.63, 3.8) is 0 Å². The van der Waals surface area contributed by atoms with Crippen molar-refractivity contribution in [2.45, 2.75) is 13.0 Å². The van der Waals surface area contributed by atoms with E-state index in [9.17, 15) is 13.2 Å². The SMILES string of the molecule is C=CCOc1ccc(/C=N/NC(=O)C(C)N(c2ccc(OC)cc2)S(C)(=O)=O)c(OCC=C)c1. The summed E-state index contributed by atoms with van der Waals surface area (Å²) in [5.74, 6) is 1.01. The molecule has 0 fully saturated rings. The number of hydrazone groups is 1. The summed E-state index contributed by atoms with van der Waals surface area (Å²) in [6, 6.07) is 10.4. The summed E-state index contributed by atoms with van der Waals surface area (Å²) in [5, 5.41) is 3.98. The molecule has 0 heterocycles. The molecule has 0 saturated carbocycles. The molecule has 0 aliphatic rings. The summed E-state index contributed by atoms with van der Waals surface area (Å²) in [4.78, 5) is 12.7. The maximum Gasteiger partial charge on any atom is 0.263 e. The van der Waals surface area contributed by atoms with Crippen molar-refractivity contribution in [2.75, 3.05) is 30.9 Å². The number of anilines is 1. The number of hydrogen-bond donors (Lipinski definition) is 1. The summed E-state index contributed by atoms with van der Waals surface area (Å²) in [6.45, 7) is 9.32. The van der Waals surface area contributed by atoms with Crippen LogP contribution in [0.25, 0.3) is 0 Å². The van der Waals surface area contributed by atoms with Crippen LogP contribution in [0.4, 0.5) is 5.69 Å². The fraction of sp³-hybridized carbons (Fsp3) is 0.250. The van der Waals surface area contributed by atoms with Crippen LogP contribution in [0.15, 0.2) is 72.9 Å². The van der Waals surface area contributed by atoms with Crippen molar-refractivity contribution in [3.8, 4) is 17.2 Å². The highest BCUT2D eigenvalue weighted by Gasteiger charge is 2.29. The van der Waals surface area contributed by atoms with E-state index in [4.69, 9.17) is 14.2 Å². The predicted molar refractivity (Wildman–Crippen MR) is 133 cm³/mol. The van der Waals surface area contributed by atoms with Gasteiger partial charge in [-0.3, -0.25) is 9.10 Å². The molecule has 2 rings (SSSR count). The monoisotopic (exact) mass is 487 g/mol. The number of hydrogen-bond acceptors (Lipinski definition) is 7. The molecule has 34 heavy (non-hydrogen) atoms. The van der Waals surface area contributed by atoms with Gasteiger partial charge in [-0.25, -0.2) is 13.8 Å². The number of carbonyl (C=O) groups excluding carboxylic acids is 1. The zero-order valence-corrected chi connectivity index (χ0v) is 20.2. The van der Waals surface area contributed by atoms with Crippen LogP contribution in [0.3, 0.4) is 0 Å². The molecule has 0 radical (unpaired) electrons. The van der Waals surface area contributed by atoms with Gasteiger partial charge >= 0.3 is 0 Å². The third-order valence-corrected chi connectivity index (χ3v) is 5.74. The van der Waals surface area contributed by atoms with Gasteiger partial charge in [0.25, 0.3) is 5.91 Å². The van der Waals surface area contributed by atoms with E-state index < -0.39 is 22.0 Å². The first kappa shape index (κ1) is 26.5. The lowest BCUT2D eigenvalue weighted by molar-refractivity contribution is -0.121. The number of amides is 1. The molecule has 1 unspecified atom stereocenters. The lowest BCUT2D eigenvalue weighted by Gasteiger charge is -2.27. The number of ether oxygens (including phenoxy) is 3. The molecular weight excluding hydrogens is 458 g/mol. The highest BCUT2D eigenvalue weighted by atomic mass is 32.2. The van der Waals surface area contributed by atoms with E-state index in [2.05, 4.69) is 23.7 Å². The van der Waals surface area contributed by atoms with E-state index >= 15 is 0 Å². The Morgan fingerprint density at radius 3 is 2.29 bits per heavy atom. The Morgan fingerprint density at radius 2 is 1.71 bits per heavy atom. The Morgan fingerprint density at radius 1 is 1.09 bits per heavy atom. The largest absolute Gasteiger partial charge is 0.497 e. The fourth-order valence-corrected chi connectivity index (χ4v) is 4.11. The van der Waals surface area contributed by atoms with Crippen molar-refractivity contribution < 1.29 is 27.4 Å². The van der Waals surface area contributed by atoms with Crippen LogP contribution in [-0.2, 0) is 14.8 Å². The molecule has 1 atom stereocenters. The minimum Gasteiger partial charge on any atom is -0.497 e. The van der Waals surface area contributed by atoms with E-state index in [1.807, 2.05) is 0 Å². The number of nitrogens with one attached hydrogen (secondary N) is 1. The molecule has 0 aliphatic heterocycles. The van der Waals surface area contributed by atoms with Crippen LogP contribution < -0.4 is 23.9 Å². The molecule has 10 heteroatoms. The molecule has 1 N–H and O–H groups in total. The van der Waals surface area contributed by atoms with E-state index in [0.29, 0.717) is 35.1 Å². The molecular formula is C24H29N3O6S. The fourth-order valence-electron chi connectivity index (χ4n) is 2.94. The first-order valence-corrected chi connectivity index (χ1v) is 12.1. The maximum absolute atomic E-state index is 12.7. The van der Waals surface area contributed by atoms with Gasteiger partial charge in [0.15, 0.2) is 0 Å². The lowest BCUT2D eigenvalue weighted by atomic mass is 10.2. The Balaban J connectivity index is 2.19. The molecule has 0 spiro atoms. The van der Waals surface area contributed by atoms with Gasteiger partial charge in [-0.2, -0.15) is 5.10 Å². The third kappa shape index (κ3) is 7.38. The summed E-state index contributed by atoms with van der Waals surface area (Å²) in [6.07, 6.45) is 5.66. The topological polar surface area (TPSA) is 107 Å². The molecule has 2 aromatic carbocycles. The van der Waals surface area contributed by atoms with Crippen LogP contribution in [0.5, 0.6) is 17.2 Å². The summed E-state index contributed by atoms with van der Waals surface area (Å²) < 4.78 is 42.1. The van der Waals surface area contributed by atoms with Crippen LogP contribution in [0.2, 0.25) is 0 Å². The summed E-state index contributed by atoms with van der Waals surface area (Å²) in [5.41, 5.74) is 3.29. The van der Waals surface area contributed by atoms with Crippen LogP contribution in [0, 0.1) is 0 Å². The van der Waals surface area contributed by atoms with Gasteiger partial charge in [-0.05, 0) is 43.3 Å². The van der Waals surface area contributed by atoms with E-state index in [1.165, 1.54) is 20.2 Å². The second kappa shape index (κ2) is 12.4. The standard InChI is InChI=1S/C24H29N3O6S/c1-6-14-32-22-11-8-19(23(16-22)33-15-7-2)17-25-26-24(28)18(3)27(34(5,29)30)20-9-12-21(31-4)13-10-20/h6-13,16-18H,1-2,14-15H2,3-5H3,(H,26,28)/b25-17+. The number of methoxy groups -OCH3 is 1. The molecule has 0 aliphatic carbocycles. The molecule has 2 aromatic rings. The van der Waals surface area contributed by atoms with E-state index in [0.717, 1.165) is 10.6 Å². The van der Waals surface area contributed by atoms with Gasteiger partial charge in [0.1, 0.15) is 36.5 Å². The average Bonchev–Trinajstić information content (AvgIpc) is 2.81. The Bertz CT molecular complexity index is 1130. The van der Waals surface area contributed by atoms with Crippen LogP contribution in [-0.4, -0.2) is 53.2 Å². The lowest BCUT2D eigenvalue weighted by Crippen LogP contribution is -2.46. The number of carbonyl (C=O) groups is 1. The minimum absolute atomic E-state index is 0.264. The van der Waals surface area contributed by atoms with Crippen molar-refractivity contribution in [1.82, 2.24) is 5.43 Å². The predicted octanol–water partition coefficient (Wildman–Crippen LogP) is 3.13. The number of nitrogens with zero attached hydrogens (tertiary/aromatic N) is 2. The van der Waals surface area contributed by atoms with Crippen molar-refractivity contribution in [3.05, 3.63) is 73.3 Å². The smallest absolute Gasteiger partial charge is 0.263 e. The second-order valence-corrected chi connectivity index (χ2v) is 8.93. The molecule has 0 saturated heterocycles. The molecule has 1 amide bonds. The van der Waals surface area contributed by atoms with Gasteiger partial charge in [0, 0.05) is 11.6 Å². The Hall–Kier alpha value is -3.79. The van der Waals surface area contributed by atoms with E-state index in [-0.39, 0.29) is 6.61 Å². The summed E-state index contributed by atoms with van der Waals surface area (Å²) in [7, 11) is -2.25. The Kier molecular flexibility index (Phi) is 9.69. The number of sulfonamides is 1. The highest BCUT2D eigenvalue weighted by molar-refractivity contribution is 7.92. The number of rotatable bonds is 13. The van der Waals surface area contributed by atoms with Gasteiger partial charge in [-0.15, -0.1) is 0 Å². The van der Waals surface area contributed by atoms with Crippen molar-refractivity contribution in [1.29, 1.82) is 0 Å². The van der Waals surface area contributed by atoms with Gasteiger partial charge in [-0.1, -0.05) is 25.3 Å². The van der Waals surface area contributed by atoms with Crippen LogP contribution in [0.1, 0.15) is 12.5 Å². The van der Waals surface area contributed by atoms with Gasteiger partial charge in [0.05, 0.1) is 25.3 Å². The maximum atomic E-state index is 12.7. The minimum atomic E-state index is -3.76. The molecule has 182 valence electrons. The van der Waals surface area contributed by atoms with E-state index in [1.54, 1.807) is 54.6 Å². The third-order valence-electron chi connectivity index (χ3n) is 4.50. The second-order valence-electron chi connectivity index (χ2n) is 7.07. The first-order valence-electron chi connectivity index (χ1n) is 10.3. The first-order chi connectivity index (χ1) is 16.2. The Labute approximate surface area is 200 Å². The average molecular weight is 488 g/mol. The highest BCUT2D eigenvalue weighted by Crippen LogP contribution is 2.25. The zero-order valence-electron chi connectivity index (χ0n) is 19.4. The van der Waals surface area contributed by atoms with Crippen LogP contribution >= 0.6 is 0 Å².